The predicted octanol–water partition coefficient (Wildman–Crippen LogP) is 2.28. The smallest absolute Gasteiger partial charge is 0.253 e. The van der Waals surface area contributed by atoms with Crippen molar-refractivity contribution in [3.05, 3.63) is 29.8 Å². The maximum atomic E-state index is 12.1. The highest BCUT2D eigenvalue weighted by Gasteiger charge is 2.17. The molecule has 0 aliphatic heterocycles. The third kappa shape index (κ3) is 4.84. The fourth-order valence-electron chi connectivity index (χ4n) is 2.92. The second-order valence-electron chi connectivity index (χ2n) is 5.83. The summed E-state index contributed by atoms with van der Waals surface area (Å²) in [4.78, 5) is 24.2. The van der Waals surface area contributed by atoms with Crippen LogP contribution in [0.2, 0.25) is 0 Å². The first-order chi connectivity index (χ1) is 10.7. The summed E-state index contributed by atoms with van der Waals surface area (Å²) in [5.41, 5.74) is 6.43. The molecule has 0 atom stereocenters. The van der Waals surface area contributed by atoms with Crippen molar-refractivity contribution in [3.63, 3.8) is 0 Å². The van der Waals surface area contributed by atoms with E-state index in [1.807, 2.05) is 6.07 Å². The molecule has 5 heteroatoms. The van der Waals surface area contributed by atoms with Gasteiger partial charge in [0.05, 0.1) is 11.3 Å². The van der Waals surface area contributed by atoms with Gasteiger partial charge in [-0.3, -0.25) is 9.59 Å². The molecule has 1 aromatic carbocycles. The van der Waals surface area contributed by atoms with E-state index in [9.17, 15) is 9.59 Å². The summed E-state index contributed by atoms with van der Waals surface area (Å²) < 4.78 is 0. The summed E-state index contributed by atoms with van der Waals surface area (Å²) >= 11 is 0. The minimum absolute atomic E-state index is 0.0222. The standard InChI is InChI=1S/C17H25N3O2/c18-11-12-19-17(22)14-7-3-4-8-15(14)20-16(21)10-9-13-5-1-2-6-13/h3-4,7-8,13H,1-2,5-6,9-12,18H2,(H,19,22)(H,20,21). The second kappa shape index (κ2) is 8.54. The number of nitrogens with two attached hydrogens (primary N) is 1. The van der Waals surface area contributed by atoms with Crippen LogP contribution in [0.4, 0.5) is 5.69 Å². The van der Waals surface area contributed by atoms with E-state index in [4.69, 9.17) is 5.73 Å². The maximum Gasteiger partial charge on any atom is 0.253 e. The van der Waals surface area contributed by atoms with Crippen molar-refractivity contribution >= 4 is 17.5 Å². The lowest BCUT2D eigenvalue weighted by Gasteiger charge is -2.12. The number of amides is 2. The summed E-state index contributed by atoms with van der Waals surface area (Å²) in [5.74, 6) is 0.456. The number of hydrogen-bond donors (Lipinski definition) is 3. The van der Waals surface area contributed by atoms with Crippen molar-refractivity contribution in [3.8, 4) is 0 Å². The first-order valence-electron chi connectivity index (χ1n) is 8.08. The molecule has 0 aromatic heterocycles. The summed E-state index contributed by atoms with van der Waals surface area (Å²) in [6.07, 6.45) is 6.51. The Hall–Kier alpha value is -1.88. The monoisotopic (exact) mass is 303 g/mol. The molecular weight excluding hydrogens is 278 g/mol. The van der Waals surface area contributed by atoms with Gasteiger partial charge in [0.1, 0.15) is 0 Å². The van der Waals surface area contributed by atoms with Crippen molar-refractivity contribution < 1.29 is 9.59 Å². The zero-order chi connectivity index (χ0) is 15.8. The number of carbonyl (C=O) groups is 2. The number of hydrogen-bond acceptors (Lipinski definition) is 3. The summed E-state index contributed by atoms with van der Waals surface area (Å²) in [6.45, 7) is 0.810. The zero-order valence-electron chi connectivity index (χ0n) is 12.9. The molecule has 1 aromatic rings. The molecule has 1 fully saturated rings. The van der Waals surface area contributed by atoms with Crippen LogP contribution in [-0.4, -0.2) is 24.9 Å². The van der Waals surface area contributed by atoms with Gasteiger partial charge in [0.15, 0.2) is 0 Å². The quantitative estimate of drug-likeness (QED) is 0.722. The van der Waals surface area contributed by atoms with Gasteiger partial charge in [-0.1, -0.05) is 37.8 Å². The normalized spacial score (nSPS) is 14.8. The van der Waals surface area contributed by atoms with E-state index in [0.717, 1.165) is 6.42 Å². The molecule has 4 N–H and O–H groups in total. The molecular formula is C17H25N3O2. The highest BCUT2D eigenvalue weighted by Crippen LogP contribution is 2.28. The van der Waals surface area contributed by atoms with Crippen LogP contribution in [-0.2, 0) is 4.79 Å². The minimum Gasteiger partial charge on any atom is -0.351 e. The molecule has 0 bridgehead atoms. The molecule has 22 heavy (non-hydrogen) atoms. The van der Waals surface area contributed by atoms with Crippen molar-refractivity contribution in [2.45, 2.75) is 38.5 Å². The summed E-state index contributed by atoms with van der Waals surface area (Å²) in [5, 5.41) is 5.58. The van der Waals surface area contributed by atoms with Crippen LogP contribution < -0.4 is 16.4 Å². The highest BCUT2D eigenvalue weighted by molar-refractivity contribution is 6.03. The molecule has 2 rings (SSSR count). The van der Waals surface area contributed by atoms with Crippen LogP contribution in [0, 0.1) is 5.92 Å². The number of carbonyl (C=O) groups excluding carboxylic acids is 2. The van der Waals surface area contributed by atoms with Gasteiger partial charge < -0.3 is 16.4 Å². The molecule has 0 heterocycles. The van der Waals surface area contributed by atoms with Gasteiger partial charge in [-0.2, -0.15) is 0 Å². The molecule has 0 saturated heterocycles. The SMILES string of the molecule is NCCNC(=O)c1ccccc1NC(=O)CCC1CCCC1. The first-order valence-corrected chi connectivity index (χ1v) is 8.08. The fourth-order valence-corrected chi connectivity index (χ4v) is 2.92. The van der Waals surface area contributed by atoms with Gasteiger partial charge >= 0.3 is 0 Å². The van der Waals surface area contributed by atoms with Gasteiger partial charge in [0, 0.05) is 19.5 Å². The molecule has 5 nitrogen and oxygen atoms in total. The molecule has 0 spiro atoms. The van der Waals surface area contributed by atoms with E-state index >= 15 is 0 Å². The van der Waals surface area contributed by atoms with Gasteiger partial charge in [0.25, 0.3) is 5.91 Å². The van der Waals surface area contributed by atoms with E-state index in [2.05, 4.69) is 10.6 Å². The number of rotatable bonds is 7. The Morgan fingerprint density at radius 3 is 2.64 bits per heavy atom. The van der Waals surface area contributed by atoms with Crippen molar-refractivity contribution in [2.75, 3.05) is 18.4 Å². The van der Waals surface area contributed by atoms with Crippen LogP contribution in [0.15, 0.2) is 24.3 Å². The van der Waals surface area contributed by atoms with E-state index < -0.39 is 0 Å². The average Bonchev–Trinajstić information content (AvgIpc) is 3.04. The van der Waals surface area contributed by atoms with E-state index in [-0.39, 0.29) is 11.8 Å². The van der Waals surface area contributed by atoms with Crippen molar-refractivity contribution in [2.24, 2.45) is 11.7 Å². The lowest BCUT2D eigenvalue weighted by Crippen LogP contribution is -2.30. The Morgan fingerprint density at radius 1 is 1.18 bits per heavy atom. The van der Waals surface area contributed by atoms with Crippen LogP contribution >= 0.6 is 0 Å². The molecule has 1 saturated carbocycles. The average molecular weight is 303 g/mol. The van der Waals surface area contributed by atoms with Crippen LogP contribution in [0.5, 0.6) is 0 Å². The Labute approximate surface area is 131 Å². The van der Waals surface area contributed by atoms with Crippen molar-refractivity contribution in [1.29, 1.82) is 0 Å². The highest BCUT2D eigenvalue weighted by atomic mass is 16.2. The first kappa shape index (κ1) is 16.5. The minimum atomic E-state index is -0.211. The van der Waals surface area contributed by atoms with E-state index in [0.29, 0.717) is 36.7 Å². The Kier molecular flexibility index (Phi) is 6.40. The van der Waals surface area contributed by atoms with Crippen LogP contribution in [0.1, 0.15) is 48.9 Å². The van der Waals surface area contributed by atoms with Crippen LogP contribution in [0.3, 0.4) is 0 Å². The number of para-hydroxylation sites is 1. The molecule has 1 aliphatic carbocycles. The van der Waals surface area contributed by atoms with Gasteiger partial charge in [-0.05, 0) is 24.5 Å². The van der Waals surface area contributed by atoms with Crippen molar-refractivity contribution in [1.82, 2.24) is 5.32 Å². The lowest BCUT2D eigenvalue weighted by molar-refractivity contribution is -0.116. The van der Waals surface area contributed by atoms with Crippen LogP contribution in [0.25, 0.3) is 0 Å². The number of nitrogens with one attached hydrogen (secondary N) is 2. The number of benzene rings is 1. The molecule has 0 unspecified atom stereocenters. The Balaban J connectivity index is 1.90. The number of anilines is 1. The molecule has 1 aliphatic rings. The second-order valence-corrected chi connectivity index (χ2v) is 5.83. The third-order valence-corrected chi connectivity index (χ3v) is 4.13. The molecule has 2 amide bonds. The lowest BCUT2D eigenvalue weighted by atomic mass is 10.0. The predicted molar refractivity (Wildman–Crippen MR) is 87.7 cm³/mol. The molecule has 0 radical (unpaired) electrons. The third-order valence-electron chi connectivity index (χ3n) is 4.13. The molecule has 120 valence electrons. The van der Waals surface area contributed by atoms with Gasteiger partial charge in [0.2, 0.25) is 5.91 Å². The van der Waals surface area contributed by atoms with E-state index in [1.165, 1.54) is 25.7 Å². The maximum absolute atomic E-state index is 12.1. The largest absolute Gasteiger partial charge is 0.351 e. The van der Waals surface area contributed by atoms with Gasteiger partial charge in [-0.25, -0.2) is 0 Å². The zero-order valence-corrected chi connectivity index (χ0v) is 12.9. The fraction of sp³-hybridized carbons (Fsp3) is 0.529. The van der Waals surface area contributed by atoms with E-state index in [1.54, 1.807) is 18.2 Å². The summed E-state index contributed by atoms with van der Waals surface area (Å²) in [7, 11) is 0. The Morgan fingerprint density at radius 2 is 1.91 bits per heavy atom. The topological polar surface area (TPSA) is 84.2 Å². The Bertz CT molecular complexity index is 510. The van der Waals surface area contributed by atoms with Gasteiger partial charge in [-0.15, -0.1) is 0 Å². The summed E-state index contributed by atoms with van der Waals surface area (Å²) in [6, 6.07) is 7.06.